The standard InChI is InChI=1S/C24H27FN2O/c1-27(2)23(17-6-5-7-18(25)16-17)11-13-24(14-12-23)22-20(10-15-28-24)19-8-3-4-9-21(19)26-22/h3-9,16,26H,10-15H2,1-2H3. The molecule has 0 bridgehead atoms. The van der Waals surface area contributed by atoms with Crippen molar-refractivity contribution in [3.63, 3.8) is 0 Å². The quantitative estimate of drug-likeness (QED) is 0.671. The van der Waals surface area contributed by atoms with Gasteiger partial charge in [-0.1, -0.05) is 30.3 Å². The van der Waals surface area contributed by atoms with Crippen LogP contribution in [0.2, 0.25) is 0 Å². The highest BCUT2D eigenvalue weighted by molar-refractivity contribution is 5.85. The van der Waals surface area contributed by atoms with Crippen molar-refractivity contribution in [3.8, 4) is 0 Å². The van der Waals surface area contributed by atoms with Crippen molar-refractivity contribution in [2.75, 3.05) is 20.7 Å². The van der Waals surface area contributed by atoms with Crippen LogP contribution in [0.1, 0.15) is 42.5 Å². The topological polar surface area (TPSA) is 28.3 Å². The molecule has 3 nitrogen and oxygen atoms in total. The van der Waals surface area contributed by atoms with Gasteiger partial charge in [-0.2, -0.15) is 0 Å². The smallest absolute Gasteiger partial charge is 0.123 e. The van der Waals surface area contributed by atoms with Gasteiger partial charge in [0.2, 0.25) is 0 Å². The van der Waals surface area contributed by atoms with Crippen LogP contribution in [0, 0.1) is 5.82 Å². The molecule has 1 aliphatic carbocycles. The van der Waals surface area contributed by atoms with Crippen LogP contribution in [0.5, 0.6) is 0 Å². The Hall–Kier alpha value is -2.17. The molecule has 0 atom stereocenters. The van der Waals surface area contributed by atoms with Crippen LogP contribution >= 0.6 is 0 Å². The predicted octanol–water partition coefficient (Wildman–Crippen LogP) is 5.11. The van der Waals surface area contributed by atoms with E-state index in [1.54, 1.807) is 6.07 Å². The third-order valence-corrected chi connectivity index (χ3v) is 7.10. The Kier molecular flexibility index (Phi) is 4.11. The summed E-state index contributed by atoms with van der Waals surface area (Å²) in [5.41, 5.74) is 4.56. The molecule has 4 heteroatoms. The first-order valence-electron chi connectivity index (χ1n) is 10.2. The zero-order valence-corrected chi connectivity index (χ0v) is 16.6. The summed E-state index contributed by atoms with van der Waals surface area (Å²) in [5.74, 6) is -0.161. The van der Waals surface area contributed by atoms with Crippen molar-refractivity contribution in [2.24, 2.45) is 0 Å². The zero-order valence-electron chi connectivity index (χ0n) is 16.6. The SMILES string of the molecule is CN(C)C1(c2cccc(F)c2)CCC2(CC1)OCCc1c2[nH]c2ccccc12. The van der Waals surface area contributed by atoms with E-state index in [4.69, 9.17) is 4.74 Å². The molecule has 1 aliphatic heterocycles. The molecule has 2 aliphatic rings. The number of hydrogen-bond donors (Lipinski definition) is 1. The van der Waals surface area contributed by atoms with Crippen LogP contribution < -0.4 is 0 Å². The molecule has 1 aromatic heterocycles. The van der Waals surface area contributed by atoms with Crippen molar-refractivity contribution < 1.29 is 9.13 Å². The minimum atomic E-state index is -0.251. The summed E-state index contributed by atoms with van der Waals surface area (Å²) in [4.78, 5) is 5.95. The first-order chi connectivity index (χ1) is 13.5. The summed E-state index contributed by atoms with van der Waals surface area (Å²) in [7, 11) is 4.22. The van der Waals surface area contributed by atoms with Crippen LogP contribution in [-0.2, 0) is 22.3 Å². The second-order valence-corrected chi connectivity index (χ2v) is 8.55. The van der Waals surface area contributed by atoms with E-state index in [0.717, 1.165) is 44.3 Å². The molecule has 0 unspecified atom stereocenters. The summed E-state index contributed by atoms with van der Waals surface area (Å²) in [6, 6.07) is 15.7. The number of nitrogens with zero attached hydrogens (tertiary/aromatic N) is 1. The molecular formula is C24H27FN2O. The van der Waals surface area contributed by atoms with E-state index in [1.165, 1.54) is 28.2 Å². The molecule has 1 N–H and O–H groups in total. The Morgan fingerprint density at radius 1 is 1.00 bits per heavy atom. The van der Waals surface area contributed by atoms with E-state index in [9.17, 15) is 4.39 Å². The van der Waals surface area contributed by atoms with Crippen LogP contribution in [0.4, 0.5) is 4.39 Å². The Morgan fingerprint density at radius 3 is 2.54 bits per heavy atom. The average Bonchev–Trinajstić information content (AvgIpc) is 3.09. The van der Waals surface area contributed by atoms with Crippen molar-refractivity contribution >= 4 is 10.9 Å². The number of halogens is 1. The molecule has 2 heterocycles. The van der Waals surface area contributed by atoms with Crippen LogP contribution in [-0.4, -0.2) is 30.6 Å². The number of rotatable bonds is 2. The van der Waals surface area contributed by atoms with Gasteiger partial charge in [-0.25, -0.2) is 4.39 Å². The van der Waals surface area contributed by atoms with Crippen molar-refractivity contribution in [2.45, 2.75) is 43.2 Å². The van der Waals surface area contributed by atoms with Gasteiger partial charge in [0.15, 0.2) is 0 Å². The maximum absolute atomic E-state index is 14.0. The van der Waals surface area contributed by atoms with E-state index < -0.39 is 0 Å². The lowest BCUT2D eigenvalue weighted by Crippen LogP contribution is -2.50. The number of hydrogen-bond acceptors (Lipinski definition) is 2. The minimum absolute atomic E-state index is 0.152. The number of ether oxygens (including phenoxy) is 1. The fraction of sp³-hybridized carbons (Fsp3) is 0.417. The highest BCUT2D eigenvalue weighted by atomic mass is 19.1. The lowest BCUT2D eigenvalue weighted by molar-refractivity contribution is -0.113. The molecule has 1 spiro atoms. The Morgan fingerprint density at radius 2 is 1.79 bits per heavy atom. The second-order valence-electron chi connectivity index (χ2n) is 8.55. The monoisotopic (exact) mass is 378 g/mol. The van der Waals surface area contributed by atoms with Crippen molar-refractivity contribution in [1.82, 2.24) is 9.88 Å². The number of aromatic amines is 1. The molecular weight excluding hydrogens is 351 g/mol. The number of benzene rings is 2. The van der Waals surface area contributed by atoms with Crippen LogP contribution in [0.15, 0.2) is 48.5 Å². The fourth-order valence-electron chi connectivity index (χ4n) is 5.50. The van der Waals surface area contributed by atoms with E-state index >= 15 is 0 Å². The molecule has 5 rings (SSSR count). The largest absolute Gasteiger partial charge is 0.368 e. The Bertz CT molecular complexity index is 1010. The van der Waals surface area contributed by atoms with Gasteiger partial charge in [0.05, 0.1) is 12.3 Å². The van der Waals surface area contributed by atoms with Gasteiger partial charge in [0.25, 0.3) is 0 Å². The molecule has 3 aromatic rings. The maximum Gasteiger partial charge on any atom is 0.123 e. The summed E-state index contributed by atoms with van der Waals surface area (Å²) in [5, 5.41) is 1.33. The number of para-hydroxylation sites is 1. The van der Waals surface area contributed by atoms with Gasteiger partial charge in [0.1, 0.15) is 11.4 Å². The summed E-state index contributed by atoms with van der Waals surface area (Å²) in [6.07, 6.45) is 4.71. The highest BCUT2D eigenvalue weighted by Crippen LogP contribution is 2.52. The minimum Gasteiger partial charge on any atom is -0.368 e. The molecule has 1 saturated carbocycles. The summed E-state index contributed by atoms with van der Waals surface area (Å²) >= 11 is 0. The number of nitrogens with one attached hydrogen (secondary N) is 1. The van der Waals surface area contributed by atoms with Gasteiger partial charge in [0, 0.05) is 16.4 Å². The van der Waals surface area contributed by atoms with E-state index in [-0.39, 0.29) is 17.0 Å². The molecule has 0 radical (unpaired) electrons. The average molecular weight is 378 g/mol. The summed E-state index contributed by atoms with van der Waals surface area (Å²) < 4.78 is 20.4. The normalized spacial score (nSPS) is 27.4. The third-order valence-electron chi connectivity index (χ3n) is 7.10. The Labute approximate surface area is 165 Å². The van der Waals surface area contributed by atoms with Gasteiger partial charge in [-0.15, -0.1) is 0 Å². The Balaban J connectivity index is 1.53. The molecule has 146 valence electrons. The summed E-state index contributed by atoms with van der Waals surface area (Å²) in [6.45, 7) is 0.768. The molecule has 0 saturated heterocycles. The van der Waals surface area contributed by atoms with Gasteiger partial charge in [-0.3, -0.25) is 4.90 Å². The van der Waals surface area contributed by atoms with Gasteiger partial charge >= 0.3 is 0 Å². The number of H-pyrrole nitrogens is 1. The van der Waals surface area contributed by atoms with Crippen molar-refractivity contribution in [1.29, 1.82) is 0 Å². The van der Waals surface area contributed by atoms with Crippen LogP contribution in [0.25, 0.3) is 10.9 Å². The second kappa shape index (κ2) is 6.43. The fourth-order valence-corrected chi connectivity index (χ4v) is 5.50. The van der Waals surface area contributed by atoms with Gasteiger partial charge in [-0.05, 0) is 75.5 Å². The van der Waals surface area contributed by atoms with E-state index in [1.807, 2.05) is 6.07 Å². The molecule has 2 aromatic carbocycles. The number of aromatic nitrogens is 1. The maximum atomic E-state index is 14.0. The molecule has 0 amide bonds. The first-order valence-corrected chi connectivity index (χ1v) is 10.2. The first kappa shape index (κ1) is 17.9. The lowest BCUT2D eigenvalue weighted by atomic mass is 9.68. The van der Waals surface area contributed by atoms with Crippen LogP contribution in [0.3, 0.4) is 0 Å². The van der Waals surface area contributed by atoms with E-state index in [0.29, 0.717) is 0 Å². The molecule has 1 fully saturated rings. The predicted molar refractivity (Wildman–Crippen MR) is 110 cm³/mol. The zero-order chi connectivity index (χ0) is 19.4. The van der Waals surface area contributed by atoms with Crippen molar-refractivity contribution in [3.05, 3.63) is 71.2 Å². The van der Waals surface area contributed by atoms with Gasteiger partial charge < -0.3 is 9.72 Å². The molecule has 28 heavy (non-hydrogen) atoms. The van der Waals surface area contributed by atoms with E-state index in [2.05, 4.69) is 54.3 Å². The number of fused-ring (bicyclic) bond motifs is 4. The lowest BCUT2D eigenvalue weighted by Gasteiger charge is -2.50. The highest BCUT2D eigenvalue weighted by Gasteiger charge is 2.49. The third kappa shape index (κ3) is 2.55.